The fraction of sp³-hybridized carbons (Fsp3) is 0.588. The van der Waals surface area contributed by atoms with Gasteiger partial charge in [0, 0.05) is 36.9 Å². The van der Waals surface area contributed by atoms with Crippen LogP contribution in [-0.4, -0.2) is 33.1 Å². The Bertz CT molecular complexity index is 560. The molecule has 0 amide bonds. The van der Waals surface area contributed by atoms with Crippen LogP contribution in [-0.2, 0) is 13.1 Å². The first-order valence-electron chi connectivity index (χ1n) is 7.99. The average Bonchev–Trinajstić information content (AvgIpc) is 2.87. The highest BCUT2D eigenvalue weighted by atomic mass is 35.5. The van der Waals surface area contributed by atoms with Gasteiger partial charge in [0.05, 0.1) is 11.2 Å². The van der Waals surface area contributed by atoms with Crippen LogP contribution in [0.4, 0.5) is 0 Å². The third-order valence-corrected chi connectivity index (χ3v) is 4.39. The third-order valence-electron chi connectivity index (χ3n) is 4.22. The Balaban J connectivity index is 2.32. The maximum absolute atomic E-state index is 6.00. The Morgan fingerprint density at radius 2 is 1.90 bits per heavy atom. The number of rotatable bonds is 8. The van der Waals surface area contributed by atoms with Crippen LogP contribution < -0.4 is 0 Å². The van der Waals surface area contributed by atoms with E-state index in [0.29, 0.717) is 11.9 Å². The van der Waals surface area contributed by atoms with Crippen LogP contribution in [0, 0.1) is 0 Å². The number of nitrogens with zero attached hydrogens (tertiary/aromatic N) is 3. The van der Waals surface area contributed by atoms with Crippen LogP contribution in [0.2, 0.25) is 0 Å². The van der Waals surface area contributed by atoms with E-state index in [9.17, 15) is 0 Å². The molecule has 0 aliphatic carbocycles. The van der Waals surface area contributed by atoms with Crippen molar-refractivity contribution >= 4 is 22.5 Å². The van der Waals surface area contributed by atoms with Gasteiger partial charge in [-0.15, -0.1) is 11.6 Å². The third kappa shape index (κ3) is 3.58. The summed E-state index contributed by atoms with van der Waals surface area (Å²) in [7, 11) is 0. The molecule has 0 radical (unpaired) electrons. The summed E-state index contributed by atoms with van der Waals surface area (Å²) < 4.78 is 2.09. The van der Waals surface area contributed by atoms with E-state index >= 15 is 0 Å². The lowest BCUT2D eigenvalue weighted by molar-refractivity contribution is 0.186. The highest BCUT2D eigenvalue weighted by Gasteiger charge is 2.18. The lowest BCUT2D eigenvalue weighted by Gasteiger charge is -2.29. The van der Waals surface area contributed by atoms with Gasteiger partial charge in [-0.1, -0.05) is 32.0 Å². The molecule has 0 fully saturated rings. The number of hydrogen-bond acceptors (Lipinski definition) is 2. The minimum atomic E-state index is 0.578. The van der Waals surface area contributed by atoms with E-state index in [4.69, 9.17) is 16.7 Å². The summed E-state index contributed by atoms with van der Waals surface area (Å²) in [6.07, 6.45) is 2.31. The van der Waals surface area contributed by atoms with E-state index in [1.54, 1.807) is 0 Å². The van der Waals surface area contributed by atoms with Crippen molar-refractivity contribution < 1.29 is 0 Å². The Hall–Kier alpha value is -1.06. The Kier molecular flexibility index (Phi) is 6.07. The molecule has 0 saturated heterocycles. The smallest absolute Gasteiger partial charge is 0.0843 e. The summed E-state index contributed by atoms with van der Waals surface area (Å²) in [6, 6.07) is 9.08. The molecule has 0 spiro atoms. The number of benzene rings is 1. The summed E-state index contributed by atoms with van der Waals surface area (Å²) in [5.41, 5.74) is 2.40. The van der Waals surface area contributed by atoms with Crippen molar-refractivity contribution in [3.8, 4) is 0 Å². The van der Waals surface area contributed by atoms with E-state index in [1.807, 2.05) is 0 Å². The molecule has 0 aliphatic heterocycles. The van der Waals surface area contributed by atoms with E-state index in [2.05, 4.69) is 54.6 Å². The van der Waals surface area contributed by atoms with Crippen LogP contribution in [0.15, 0.2) is 24.3 Å². The van der Waals surface area contributed by atoms with E-state index in [1.165, 1.54) is 16.6 Å². The lowest BCUT2D eigenvalue weighted by Crippen LogP contribution is -2.35. The average molecular weight is 308 g/mol. The zero-order chi connectivity index (χ0) is 15.2. The molecule has 0 bridgehead atoms. The molecule has 0 N–H and O–H groups in total. The Morgan fingerprint density at radius 3 is 2.52 bits per heavy atom. The molecular formula is C17H26ClN3. The van der Waals surface area contributed by atoms with Crippen molar-refractivity contribution in [1.29, 1.82) is 0 Å². The summed E-state index contributed by atoms with van der Waals surface area (Å²) in [4.78, 5) is 2.47. The van der Waals surface area contributed by atoms with Crippen molar-refractivity contribution in [3.63, 3.8) is 0 Å². The quantitative estimate of drug-likeness (QED) is 0.679. The predicted molar refractivity (Wildman–Crippen MR) is 90.9 cm³/mol. The van der Waals surface area contributed by atoms with Crippen molar-refractivity contribution in [2.45, 2.75) is 52.7 Å². The molecule has 1 aromatic heterocycles. The van der Waals surface area contributed by atoms with Gasteiger partial charge in [-0.25, -0.2) is 0 Å². The van der Waals surface area contributed by atoms with Crippen LogP contribution in [0.3, 0.4) is 0 Å². The number of aromatic nitrogens is 2. The molecule has 0 atom stereocenters. The van der Waals surface area contributed by atoms with Gasteiger partial charge in [0.15, 0.2) is 0 Å². The fourth-order valence-electron chi connectivity index (χ4n) is 3.05. The second-order valence-electron chi connectivity index (χ2n) is 5.41. The molecule has 0 unspecified atom stereocenters. The van der Waals surface area contributed by atoms with E-state index < -0.39 is 0 Å². The van der Waals surface area contributed by atoms with Gasteiger partial charge in [-0.05, 0) is 25.8 Å². The van der Waals surface area contributed by atoms with Gasteiger partial charge in [0.2, 0.25) is 0 Å². The number of halogens is 1. The van der Waals surface area contributed by atoms with Gasteiger partial charge in [0.25, 0.3) is 0 Å². The molecule has 1 aromatic carbocycles. The van der Waals surface area contributed by atoms with Crippen molar-refractivity contribution in [1.82, 2.24) is 14.7 Å². The molecule has 2 rings (SSSR count). The maximum Gasteiger partial charge on any atom is 0.0843 e. The molecule has 3 nitrogen and oxygen atoms in total. The topological polar surface area (TPSA) is 21.1 Å². The summed E-state index contributed by atoms with van der Waals surface area (Å²) in [5.74, 6) is 0.670. The van der Waals surface area contributed by atoms with Crippen LogP contribution in [0.25, 0.3) is 10.9 Å². The lowest BCUT2D eigenvalue weighted by atomic mass is 10.1. The van der Waals surface area contributed by atoms with Gasteiger partial charge < -0.3 is 0 Å². The minimum Gasteiger partial charge on any atom is -0.293 e. The molecule has 0 saturated carbocycles. The maximum atomic E-state index is 6.00. The molecule has 116 valence electrons. The molecular weight excluding hydrogens is 282 g/mol. The van der Waals surface area contributed by atoms with Crippen molar-refractivity contribution in [2.24, 2.45) is 0 Å². The van der Waals surface area contributed by atoms with Crippen LogP contribution in [0.5, 0.6) is 0 Å². The number of fused-ring (bicyclic) bond motifs is 1. The normalized spacial score (nSPS) is 11.9. The first-order chi connectivity index (χ1) is 10.2. The molecule has 4 heteroatoms. The number of hydrogen-bond donors (Lipinski definition) is 0. The second-order valence-corrected chi connectivity index (χ2v) is 5.79. The van der Waals surface area contributed by atoms with Gasteiger partial charge in [-0.2, -0.15) is 5.10 Å². The summed E-state index contributed by atoms with van der Waals surface area (Å²) >= 11 is 6.00. The van der Waals surface area contributed by atoms with Gasteiger partial charge >= 0.3 is 0 Å². The zero-order valence-corrected chi connectivity index (χ0v) is 14.1. The predicted octanol–water partition coefficient (Wildman–Crippen LogP) is 4.29. The number of para-hydroxylation sites is 1. The highest BCUT2D eigenvalue weighted by molar-refractivity contribution is 6.18. The largest absolute Gasteiger partial charge is 0.293 e. The van der Waals surface area contributed by atoms with Crippen molar-refractivity contribution in [3.05, 3.63) is 30.0 Å². The van der Waals surface area contributed by atoms with E-state index in [-0.39, 0.29) is 0 Å². The Labute approximate surface area is 132 Å². The zero-order valence-electron chi connectivity index (χ0n) is 13.3. The van der Waals surface area contributed by atoms with Crippen LogP contribution in [0.1, 0.15) is 39.3 Å². The molecule has 21 heavy (non-hydrogen) atoms. The minimum absolute atomic E-state index is 0.578. The molecule has 0 aliphatic rings. The first-order valence-corrected chi connectivity index (χ1v) is 8.52. The Morgan fingerprint density at radius 1 is 1.19 bits per heavy atom. The fourth-order valence-corrected chi connectivity index (χ4v) is 3.27. The monoisotopic (exact) mass is 307 g/mol. The van der Waals surface area contributed by atoms with Gasteiger partial charge in [0.1, 0.15) is 0 Å². The van der Waals surface area contributed by atoms with E-state index in [0.717, 1.165) is 32.5 Å². The van der Waals surface area contributed by atoms with Crippen molar-refractivity contribution in [2.75, 3.05) is 12.4 Å². The standard InChI is InChI=1S/C17H26ClN3/c1-4-14(5-2)20(12-11-18)13-16-15-9-7-8-10-17(15)21(6-3)19-16/h7-10,14H,4-6,11-13H2,1-3H3. The molecule has 1 heterocycles. The second kappa shape index (κ2) is 7.81. The number of aryl methyl sites for hydroxylation is 1. The summed E-state index contributed by atoms with van der Waals surface area (Å²) in [6.45, 7) is 9.34. The summed E-state index contributed by atoms with van der Waals surface area (Å²) in [5, 5.41) is 6.08. The number of alkyl halides is 1. The van der Waals surface area contributed by atoms with Crippen LogP contribution >= 0.6 is 11.6 Å². The molecule has 2 aromatic rings. The van der Waals surface area contributed by atoms with Gasteiger partial charge in [-0.3, -0.25) is 9.58 Å². The SMILES string of the molecule is CCC(CC)N(CCCl)Cc1nn(CC)c2ccccc12. The highest BCUT2D eigenvalue weighted by Crippen LogP contribution is 2.21. The first kappa shape index (κ1) is 16.3.